The molecule has 0 saturated heterocycles. The Kier molecular flexibility index (Phi) is 2.67. The van der Waals surface area contributed by atoms with Crippen LogP contribution in [0.15, 0.2) is 47.1 Å². The van der Waals surface area contributed by atoms with Crippen molar-refractivity contribution in [2.45, 2.75) is 12.3 Å². The summed E-state index contributed by atoms with van der Waals surface area (Å²) in [4.78, 5) is 22.2. The summed E-state index contributed by atoms with van der Waals surface area (Å²) < 4.78 is 5.09. The minimum absolute atomic E-state index is 0.00773. The maximum atomic E-state index is 12.0. The molecule has 2 unspecified atom stereocenters. The fraction of sp³-hybridized carbons (Fsp3) is 0.214. The highest BCUT2D eigenvalue weighted by Gasteiger charge is 2.45. The highest BCUT2D eigenvalue weighted by atomic mass is 16.6. The molecule has 19 heavy (non-hydrogen) atoms. The molecule has 5 nitrogen and oxygen atoms in total. The average molecular weight is 257 g/mol. The summed E-state index contributed by atoms with van der Waals surface area (Å²) in [7, 11) is 0. The van der Waals surface area contributed by atoms with Crippen molar-refractivity contribution in [3.05, 3.63) is 64.1 Å². The lowest BCUT2D eigenvalue weighted by molar-refractivity contribution is -0.384. The molecule has 2 atom stereocenters. The predicted octanol–water partition coefficient (Wildman–Crippen LogP) is 3.17. The van der Waals surface area contributed by atoms with Crippen LogP contribution in [0, 0.1) is 16.0 Å². The first-order chi connectivity index (χ1) is 9.16. The third-order valence-corrected chi connectivity index (χ3v) is 3.42. The summed E-state index contributed by atoms with van der Waals surface area (Å²) >= 11 is 0. The molecule has 2 aromatic rings. The third-order valence-electron chi connectivity index (χ3n) is 3.42. The first kappa shape index (κ1) is 11.6. The molecule has 0 spiro atoms. The summed E-state index contributed by atoms with van der Waals surface area (Å²) in [6.45, 7) is 0. The number of carbonyl (C=O) groups excluding carboxylic acids is 1. The van der Waals surface area contributed by atoms with E-state index >= 15 is 0 Å². The number of hydrogen-bond acceptors (Lipinski definition) is 4. The summed E-state index contributed by atoms with van der Waals surface area (Å²) in [5, 5.41) is 10.6. The molecule has 1 aromatic heterocycles. The Bertz CT molecular complexity index is 615. The summed E-state index contributed by atoms with van der Waals surface area (Å²) in [6, 6.07) is 9.74. The lowest BCUT2D eigenvalue weighted by Crippen LogP contribution is -2.01. The van der Waals surface area contributed by atoms with Gasteiger partial charge < -0.3 is 4.42 Å². The van der Waals surface area contributed by atoms with Gasteiger partial charge in [-0.3, -0.25) is 14.9 Å². The standard InChI is InChI=1S/C14H11NO4/c16-14(13-2-1-7-19-13)12-8-11(12)9-3-5-10(6-4-9)15(17)18/h1-7,11-12H,8H2. The Labute approximate surface area is 109 Å². The van der Waals surface area contributed by atoms with E-state index in [0.717, 1.165) is 12.0 Å². The molecule has 5 heteroatoms. The molecule has 0 bridgehead atoms. The van der Waals surface area contributed by atoms with Crippen molar-refractivity contribution in [2.75, 3.05) is 0 Å². The Morgan fingerprint density at radius 3 is 2.58 bits per heavy atom. The zero-order valence-corrected chi connectivity index (χ0v) is 9.98. The monoisotopic (exact) mass is 257 g/mol. The zero-order chi connectivity index (χ0) is 13.4. The van der Waals surface area contributed by atoms with Gasteiger partial charge in [-0.05, 0) is 30.0 Å². The van der Waals surface area contributed by atoms with Gasteiger partial charge in [0, 0.05) is 18.1 Å². The summed E-state index contributed by atoms with van der Waals surface area (Å²) in [5.41, 5.74) is 1.04. The number of furan rings is 1. The van der Waals surface area contributed by atoms with Crippen molar-refractivity contribution in [1.82, 2.24) is 0 Å². The van der Waals surface area contributed by atoms with E-state index in [9.17, 15) is 14.9 Å². The molecule has 96 valence electrons. The topological polar surface area (TPSA) is 73.3 Å². The molecule has 0 amide bonds. The van der Waals surface area contributed by atoms with Gasteiger partial charge >= 0.3 is 0 Å². The van der Waals surface area contributed by atoms with Crippen molar-refractivity contribution in [3.8, 4) is 0 Å². The second-order valence-electron chi connectivity index (χ2n) is 4.64. The van der Waals surface area contributed by atoms with E-state index < -0.39 is 4.92 Å². The number of rotatable bonds is 4. The van der Waals surface area contributed by atoms with E-state index in [4.69, 9.17) is 4.42 Å². The lowest BCUT2D eigenvalue weighted by atomic mass is 10.1. The van der Waals surface area contributed by atoms with Gasteiger partial charge in [-0.15, -0.1) is 0 Å². The molecule has 0 radical (unpaired) electrons. The number of benzene rings is 1. The molecule has 0 N–H and O–H groups in total. The van der Waals surface area contributed by atoms with Gasteiger partial charge in [0.1, 0.15) is 0 Å². The minimum Gasteiger partial charge on any atom is -0.461 e. The molecule has 3 rings (SSSR count). The van der Waals surface area contributed by atoms with Gasteiger partial charge in [0.2, 0.25) is 5.78 Å². The van der Waals surface area contributed by atoms with E-state index in [2.05, 4.69) is 0 Å². The van der Waals surface area contributed by atoms with Gasteiger partial charge in [-0.1, -0.05) is 12.1 Å². The van der Waals surface area contributed by atoms with Crippen LogP contribution in [-0.4, -0.2) is 10.7 Å². The number of non-ortho nitro benzene ring substituents is 1. The first-order valence-corrected chi connectivity index (χ1v) is 5.99. The van der Waals surface area contributed by atoms with Crippen LogP contribution in [0.5, 0.6) is 0 Å². The van der Waals surface area contributed by atoms with E-state index in [1.54, 1.807) is 24.3 Å². The van der Waals surface area contributed by atoms with Crippen molar-refractivity contribution < 1.29 is 14.1 Å². The quantitative estimate of drug-likeness (QED) is 0.479. The number of nitro groups is 1. The van der Waals surface area contributed by atoms with Crippen LogP contribution in [0.25, 0.3) is 0 Å². The maximum absolute atomic E-state index is 12.0. The Balaban J connectivity index is 1.73. The molecular weight excluding hydrogens is 246 g/mol. The van der Waals surface area contributed by atoms with E-state index in [-0.39, 0.29) is 23.3 Å². The summed E-state index contributed by atoms with van der Waals surface area (Å²) in [6.07, 6.45) is 2.26. The second-order valence-corrected chi connectivity index (χ2v) is 4.64. The highest BCUT2D eigenvalue weighted by molar-refractivity contribution is 5.98. The van der Waals surface area contributed by atoms with Gasteiger partial charge in [-0.25, -0.2) is 0 Å². The molecule has 1 aliphatic carbocycles. The largest absolute Gasteiger partial charge is 0.461 e. The van der Waals surface area contributed by atoms with Gasteiger partial charge in [0.25, 0.3) is 5.69 Å². The molecule has 1 aliphatic rings. The van der Waals surface area contributed by atoms with Crippen molar-refractivity contribution in [2.24, 2.45) is 5.92 Å². The van der Waals surface area contributed by atoms with Crippen molar-refractivity contribution in [3.63, 3.8) is 0 Å². The van der Waals surface area contributed by atoms with E-state index in [1.165, 1.54) is 18.4 Å². The summed E-state index contributed by atoms with van der Waals surface area (Å²) in [5.74, 6) is 0.480. The molecule has 0 aliphatic heterocycles. The number of ketones is 1. The zero-order valence-electron chi connectivity index (χ0n) is 9.98. The maximum Gasteiger partial charge on any atom is 0.269 e. The Hall–Kier alpha value is -2.43. The smallest absolute Gasteiger partial charge is 0.269 e. The molecule has 1 fully saturated rings. The molecule has 1 saturated carbocycles. The first-order valence-electron chi connectivity index (χ1n) is 5.99. The second kappa shape index (κ2) is 4.35. The molecule has 1 aromatic carbocycles. The highest BCUT2D eigenvalue weighted by Crippen LogP contribution is 2.49. The van der Waals surface area contributed by atoms with Crippen LogP contribution in [0.1, 0.15) is 28.5 Å². The van der Waals surface area contributed by atoms with Crippen LogP contribution in [0.4, 0.5) is 5.69 Å². The lowest BCUT2D eigenvalue weighted by Gasteiger charge is -1.99. The number of carbonyl (C=O) groups is 1. The number of Topliss-reactive ketones (excluding diaryl/α,β-unsaturated/α-hetero) is 1. The minimum atomic E-state index is -0.428. The molecule has 1 heterocycles. The predicted molar refractivity (Wildman–Crippen MR) is 67.0 cm³/mol. The SMILES string of the molecule is O=C(c1ccco1)C1CC1c1ccc([N+](=O)[O-])cc1. The number of nitro benzene ring substituents is 1. The van der Waals surface area contributed by atoms with Crippen molar-refractivity contribution in [1.29, 1.82) is 0 Å². The fourth-order valence-corrected chi connectivity index (χ4v) is 2.30. The molecular formula is C14H11NO4. The van der Waals surface area contributed by atoms with Gasteiger partial charge in [-0.2, -0.15) is 0 Å². The Morgan fingerprint density at radius 2 is 2.00 bits per heavy atom. The van der Waals surface area contributed by atoms with Crippen LogP contribution >= 0.6 is 0 Å². The number of nitrogens with zero attached hydrogens (tertiary/aromatic N) is 1. The van der Waals surface area contributed by atoms with Crippen LogP contribution in [-0.2, 0) is 0 Å². The van der Waals surface area contributed by atoms with Crippen LogP contribution < -0.4 is 0 Å². The van der Waals surface area contributed by atoms with Crippen molar-refractivity contribution >= 4 is 11.5 Å². The normalized spacial score (nSPS) is 21.1. The fourth-order valence-electron chi connectivity index (χ4n) is 2.30. The number of hydrogen-bond donors (Lipinski definition) is 0. The average Bonchev–Trinajstić information content (AvgIpc) is 3.03. The van der Waals surface area contributed by atoms with Gasteiger partial charge in [0.15, 0.2) is 5.76 Å². The van der Waals surface area contributed by atoms with Crippen LogP contribution in [0.3, 0.4) is 0 Å². The van der Waals surface area contributed by atoms with Crippen LogP contribution in [0.2, 0.25) is 0 Å². The van der Waals surface area contributed by atoms with Gasteiger partial charge in [0.05, 0.1) is 11.2 Å². The van der Waals surface area contributed by atoms with E-state index in [1.807, 2.05) is 0 Å². The Morgan fingerprint density at radius 1 is 1.26 bits per heavy atom. The van der Waals surface area contributed by atoms with E-state index in [0.29, 0.717) is 5.76 Å². The third kappa shape index (κ3) is 2.14.